The second kappa shape index (κ2) is 6.56. The van der Waals surface area contributed by atoms with E-state index in [0.717, 1.165) is 5.92 Å². The van der Waals surface area contributed by atoms with Gasteiger partial charge in [0, 0.05) is 11.6 Å². The molecule has 1 rings (SSSR count). The van der Waals surface area contributed by atoms with E-state index in [1.54, 1.807) is 0 Å². The van der Waals surface area contributed by atoms with E-state index in [2.05, 4.69) is 83.8 Å². The number of rotatable bonds is 6. The minimum atomic E-state index is 0.221. The normalized spacial score (nSPS) is 14.4. The van der Waals surface area contributed by atoms with Gasteiger partial charge < -0.3 is 0 Å². The largest absolute Gasteiger partial charge is 0.294 e. The number of nitrogens with zero attached hydrogens (tertiary/aromatic N) is 1. The third-order valence-corrected chi connectivity index (χ3v) is 4.05. The topological polar surface area (TPSA) is 3.24 Å². The maximum atomic E-state index is 2.56. The Morgan fingerprint density at radius 1 is 1.00 bits per heavy atom. The quantitative estimate of drug-likeness (QED) is 0.685. The Morgan fingerprint density at radius 2 is 1.53 bits per heavy atom. The van der Waals surface area contributed by atoms with Crippen molar-refractivity contribution in [2.75, 3.05) is 7.05 Å². The minimum absolute atomic E-state index is 0.221. The molecular formula is C18H31N. The van der Waals surface area contributed by atoms with Gasteiger partial charge in [-0.05, 0) is 44.7 Å². The van der Waals surface area contributed by atoms with Gasteiger partial charge >= 0.3 is 0 Å². The first-order valence-electron chi connectivity index (χ1n) is 7.53. The van der Waals surface area contributed by atoms with Crippen LogP contribution in [0.2, 0.25) is 0 Å². The highest BCUT2D eigenvalue weighted by molar-refractivity contribution is 5.20. The molecule has 1 nitrogen and oxygen atoms in total. The Labute approximate surface area is 120 Å². The van der Waals surface area contributed by atoms with Crippen LogP contribution in [0.1, 0.15) is 59.6 Å². The maximum absolute atomic E-state index is 2.56. The zero-order chi connectivity index (χ0) is 14.6. The second-order valence-electron chi connectivity index (χ2n) is 7.12. The molecule has 0 heterocycles. The van der Waals surface area contributed by atoms with Crippen LogP contribution in [-0.2, 0) is 0 Å². The van der Waals surface area contributed by atoms with Crippen LogP contribution in [-0.4, -0.2) is 17.5 Å². The highest BCUT2D eigenvalue weighted by Crippen LogP contribution is 2.35. The molecule has 0 aliphatic heterocycles. The third kappa shape index (κ3) is 4.35. The highest BCUT2D eigenvalue weighted by atomic mass is 15.2. The molecule has 19 heavy (non-hydrogen) atoms. The summed E-state index contributed by atoms with van der Waals surface area (Å²) in [5.41, 5.74) is 1.65. The van der Waals surface area contributed by atoms with Crippen LogP contribution in [0, 0.1) is 11.8 Å². The molecule has 1 heteroatoms. The van der Waals surface area contributed by atoms with Crippen LogP contribution in [0.25, 0.3) is 0 Å². The third-order valence-electron chi connectivity index (χ3n) is 4.05. The summed E-state index contributed by atoms with van der Waals surface area (Å²) in [6.07, 6.45) is 1.22. The van der Waals surface area contributed by atoms with Crippen LogP contribution in [0.3, 0.4) is 0 Å². The molecule has 1 atom stereocenters. The molecule has 0 aliphatic rings. The lowest BCUT2D eigenvalue weighted by molar-refractivity contribution is 0.0579. The van der Waals surface area contributed by atoms with Crippen molar-refractivity contribution < 1.29 is 0 Å². The Bertz CT molecular complexity index is 365. The van der Waals surface area contributed by atoms with E-state index in [-0.39, 0.29) is 5.54 Å². The van der Waals surface area contributed by atoms with E-state index in [9.17, 15) is 0 Å². The Hall–Kier alpha value is -0.820. The predicted molar refractivity (Wildman–Crippen MR) is 85.3 cm³/mol. The summed E-state index contributed by atoms with van der Waals surface area (Å²) in [4.78, 5) is 2.56. The molecule has 1 aromatic carbocycles. The number of hydrogen-bond donors (Lipinski definition) is 0. The number of hydrogen-bond acceptors (Lipinski definition) is 1. The molecule has 1 aromatic rings. The van der Waals surface area contributed by atoms with E-state index in [1.165, 1.54) is 12.0 Å². The lowest BCUT2D eigenvalue weighted by atomic mass is 9.86. The van der Waals surface area contributed by atoms with Crippen molar-refractivity contribution in [3.8, 4) is 0 Å². The highest BCUT2D eigenvalue weighted by Gasteiger charge is 2.32. The van der Waals surface area contributed by atoms with Gasteiger partial charge in [0.2, 0.25) is 0 Å². The molecule has 0 amide bonds. The van der Waals surface area contributed by atoms with Gasteiger partial charge in [0.1, 0.15) is 0 Å². The van der Waals surface area contributed by atoms with Gasteiger partial charge in [0.15, 0.2) is 0 Å². The van der Waals surface area contributed by atoms with E-state index >= 15 is 0 Å². The molecule has 0 saturated heterocycles. The van der Waals surface area contributed by atoms with Gasteiger partial charge in [-0.3, -0.25) is 4.90 Å². The molecule has 0 aliphatic carbocycles. The van der Waals surface area contributed by atoms with Crippen molar-refractivity contribution in [1.29, 1.82) is 0 Å². The van der Waals surface area contributed by atoms with E-state index in [4.69, 9.17) is 0 Å². The van der Waals surface area contributed by atoms with Crippen molar-refractivity contribution in [3.05, 3.63) is 35.9 Å². The fourth-order valence-corrected chi connectivity index (χ4v) is 3.23. The molecule has 0 spiro atoms. The first-order chi connectivity index (χ1) is 8.75. The van der Waals surface area contributed by atoms with Crippen LogP contribution in [0.15, 0.2) is 30.3 Å². The average Bonchev–Trinajstić information content (AvgIpc) is 2.28. The molecule has 0 saturated carbocycles. The molecule has 0 aromatic heterocycles. The van der Waals surface area contributed by atoms with Gasteiger partial charge in [-0.25, -0.2) is 0 Å². The monoisotopic (exact) mass is 261 g/mol. The summed E-state index contributed by atoms with van der Waals surface area (Å²) in [7, 11) is 2.28. The van der Waals surface area contributed by atoms with Gasteiger partial charge in [0.25, 0.3) is 0 Å². The Kier molecular flexibility index (Phi) is 5.61. The van der Waals surface area contributed by atoms with Crippen LogP contribution < -0.4 is 0 Å². The summed E-state index contributed by atoms with van der Waals surface area (Å²) >= 11 is 0. The van der Waals surface area contributed by atoms with Crippen LogP contribution in [0.5, 0.6) is 0 Å². The fraction of sp³-hybridized carbons (Fsp3) is 0.667. The van der Waals surface area contributed by atoms with Crippen molar-refractivity contribution in [3.63, 3.8) is 0 Å². The van der Waals surface area contributed by atoms with Crippen molar-refractivity contribution in [2.24, 2.45) is 11.8 Å². The summed E-state index contributed by atoms with van der Waals surface area (Å²) < 4.78 is 0. The van der Waals surface area contributed by atoms with Crippen molar-refractivity contribution in [2.45, 2.75) is 59.5 Å². The number of benzene rings is 1. The molecular weight excluding hydrogens is 230 g/mol. The van der Waals surface area contributed by atoms with E-state index < -0.39 is 0 Å². The van der Waals surface area contributed by atoms with Crippen LogP contribution in [0.4, 0.5) is 0 Å². The smallest absolute Gasteiger partial charge is 0.0373 e. The van der Waals surface area contributed by atoms with Crippen LogP contribution >= 0.6 is 0 Å². The maximum Gasteiger partial charge on any atom is 0.0373 e. The van der Waals surface area contributed by atoms with Gasteiger partial charge in [-0.15, -0.1) is 0 Å². The Morgan fingerprint density at radius 3 is 1.95 bits per heavy atom. The first kappa shape index (κ1) is 16.2. The predicted octanol–water partition coefficient (Wildman–Crippen LogP) is 5.14. The molecule has 0 bridgehead atoms. The summed E-state index contributed by atoms with van der Waals surface area (Å²) in [5.74, 6) is 1.33. The molecule has 0 radical (unpaired) electrons. The minimum Gasteiger partial charge on any atom is -0.294 e. The van der Waals surface area contributed by atoms with Crippen molar-refractivity contribution >= 4 is 0 Å². The molecule has 0 fully saturated rings. The molecule has 0 N–H and O–H groups in total. The van der Waals surface area contributed by atoms with Gasteiger partial charge in [-0.2, -0.15) is 0 Å². The zero-order valence-electron chi connectivity index (χ0n) is 13.8. The lowest BCUT2D eigenvalue weighted by Gasteiger charge is -2.44. The first-order valence-corrected chi connectivity index (χ1v) is 7.53. The van der Waals surface area contributed by atoms with E-state index in [1.807, 2.05) is 0 Å². The lowest BCUT2D eigenvalue weighted by Crippen LogP contribution is -2.45. The Balaban J connectivity index is 3.00. The average molecular weight is 261 g/mol. The van der Waals surface area contributed by atoms with Gasteiger partial charge in [0.05, 0.1) is 0 Å². The summed E-state index contributed by atoms with van der Waals surface area (Å²) in [6, 6.07) is 11.4. The molecule has 108 valence electrons. The summed E-state index contributed by atoms with van der Waals surface area (Å²) in [6.45, 7) is 14.0. The van der Waals surface area contributed by atoms with Gasteiger partial charge in [-0.1, -0.05) is 58.0 Å². The molecule has 1 unspecified atom stereocenters. The standard InChI is InChI=1S/C18H31N/c1-14(2)13-18(5,6)19(7)17(15(3)4)16-11-9-8-10-12-16/h8-12,14-15,17H,13H2,1-7H3. The zero-order valence-corrected chi connectivity index (χ0v) is 13.8. The van der Waals surface area contributed by atoms with E-state index in [0.29, 0.717) is 12.0 Å². The SMILES string of the molecule is CC(C)CC(C)(C)N(C)C(c1ccccc1)C(C)C. The second-order valence-corrected chi connectivity index (χ2v) is 7.12. The van der Waals surface area contributed by atoms with Crippen molar-refractivity contribution in [1.82, 2.24) is 4.90 Å². The summed E-state index contributed by atoms with van der Waals surface area (Å²) in [5, 5.41) is 0. The fourth-order valence-electron chi connectivity index (χ4n) is 3.23.